The van der Waals surface area contributed by atoms with E-state index in [1.54, 1.807) is 24.4 Å². The molecule has 0 amide bonds. The van der Waals surface area contributed by atoms with Crippen molar-refractivity contribution in [3.63, 3.8) is 0 Å². The van der Waals surface area contributed by atoms with Gasteiger partial charge in [0.1, 0.15) is 17.4 Å². The van der Waals surface area contributed by atoms with Crippen LogP contribution in [0.1, 0.15) is 51.0 Å². The average Bonchev–Trinajstić information content (AvgIpc) is 3.14. The van der Waals surface area contributed by atoms with Crippen LogP contribution in [-0.2, 0) is 6.54 Å². The maximum Gasteiger partial charge on any atom is 0.139 e. The highest BCUT2D eigenvalue weighted by Gasteiger charge is 2.13. The standard InChI is InChI=1S/C10H12N2O.C9H15N3/c1-2-6-13-10-5-3-4-9(12)8(10)7-11;1-2-4-9(5-3-1)8-12-7-6-10-11-12/h3-5H,2,6,12H2,1H3;6-7,9H,1-5,8H2. The van der Waals surface area contributed by atoms with Crippen LogP contribution in [-0.4, -0.2) is 21.6 Å². The SMILES string of the molecule is CCCOc1cccc(N)c1C#N.c1cn(CC2CCCCC2)nn1. The number of ether oxygens (including phenoxy) is 1. The Morgan fingerprint density at radius 1 is 1.32 bits per heavy atom. The molecule has 1 aliphatic carbocycles. The summed E-state index contributed by atoms with van der Waals surface area (Å²) in [7, 11) is 0. The van der Waals surface area contributed by atoms with Gasteiger partial charge in [0.05, 0.1) is 18.5 Å². The number of hydrogen-bond acceptors (Lipinski definition) is 5. The molecular formula is C19H27N5O. The van der Waals surface area contributed by atoms with Crippen molar-refractivity contribution in [3.8, 4) is 11.8 Å². The Balaban J connectivity index is 0.000000181. The molecule has 0 radical (unpaired) electrons. The number of aromatic nitrogens is 3. The van der Waals surface area contributed by atoms with Crippen LogP contribution in [0.3, 0.4) is 0 Å². The zero-order chi connectivity index (χ0) is 17.9. The Labute approximate surface area is 149 Å². The van der Waals surface area contributed by atoms with Crippen molar-refractivity contribution in [2.45, 2.75) is 52.0 Å². The number of hydrogen-bond donors (Lipinski definition) is 1. The lowest BCUT2D eigenvalue weighted by molar-refractivity contribution is 0.305. The molecule has 2 aromatic rings. The monoisotopic (exact) mass is 341 g/mol. The fraction of sp³-hybridized carbons (Fsp3) is 0.526. The third kappa shape index (κ3) is 6.11. The summed E-state index contributed by atoms with van der Waals surface area (Å²) in [4.78, 5) is 0. The van der Waals surface area contributed by atoms with Gasteiger partial charge in [-0.25, -0.2) is 0 Å². The van der Waals surface area contributed by atoms with Crippen molar-refractivity contribution < 1.29 is 4.74 Å². The number of nitriles is 1. The quantitative estimate of drug-likeness (QED) is 0.836. The van der Waals surface area contributed by atoms with E-state index >= 15 is 0 Å². The van der Waals surface area contributed by atoms with Gasteiger partial charge < -0.3 is 10.5 Å². The number of nitrogen functional groups attached to an aromatic ring is 1. The number of nitrogens with two attached hydrogens (primary N) is 1. The van der Waals surface area contributed by atoms with E-state index in [1.807, 2.05) is 23.9 Å². The predicted molar refractivity (Wildman–Crippen MR) is 98.0 cm³/mol. The van der Waals surface area contributed by atoms with Crippen LogP contribution in [0, 0.1) is 17.2 Å². The fourth-order valence-electron chi connectivity index (χ4n) is 2.96. The molecule has 25 heavy (non-hydrogen) atoms. The molecule has 1 heterocycles. The molecule has 134 valence electrons. The number of rotatable bonds is 5. The summed E-state index contributed by atoms with van der Waals surface area (Å²) in [5, 5.41) is 16.6. The van der Waals surface area contributed by atoms with Crippen molar-refractivity contribution in [2.24, 2.45) is 5.92 Å². The minimum absolute atomic E-state index is 0.427. The first-order valence-corrected chi connectivity index (χ1v) is 9.00. The lowest BCUT2D eigenvalue weighted by Crippen LogP contribution is -2.14. The molecular weight excluding hydrogens is 314 g/mol. The summed E-state index contributed by atoms with van der Waals surface area (Å²) in [5.41, 5.74) is 6.50. The molecule has 2 N–H and O–H groups in total. The Morgan fingerprint density at radius 3 is 2.76 bits per heavy atom. The number of nitrogens with zero attached hydrogens (tertiary/aromatic N) is 4. The van der Waals surface area contributed by atoms with Gasteiger partial charge in [-0.3, -0.25) is 4.68 Å². The van der Waals surface area contributed by atoms with Gasteiger partial charge in [0, 0.05) is 12.7 Å². The van der Waals surface area contributed by atoms with Gasteiger partial charge in [0.25, 0.3) is 0 Å². The second-order valence-corrected chi connectivity index (χ2v) is 6.31. The molecule has 6 heteroatoms. The smallest absolute Gasteiger partial charge is 0.139 e. The first-order chi connectivity index (χ1) is 12.2. The van der Waals surface area contributed by atoms with E-state index < -0.39 is 0 Å². The summed E-state index contributed by atoms with van der Waals surface area (Å²) < 4.78 is 7.31. The molecule has 0 aliphatic heterocycles. The zero-order valence-electron chi connectivity index (χ0n) is 14.9. The highest BCUT2D eigenvalue weighted by atomic mass is 16.5. The second kappa shape index (κ2) is 10.3. The first kappa shape index (κ1) is 18.8. The lowest BCUT2D eigenvalue weighted by atomic mass is 9.89. The third-order valence-corrected chi connectivity index (χ3v) is 4.27. The van der Waals surface area contributed by atoms with Crippen LogP contribution in [0.2, 0.25) is 0 Å². The summed E-state index contributed by atoms with van der Waals surface area (Å²) in [6.45, 7) is 3.69. The third-order valence-electron chi connectivity index (χ3n) is 4.27. The summed E-state index contributed by atoms with van der Waals surface area (Å²) in [5.74, 6) is 1.42. The van der Waals surface area contributed by atoms with E-state index in [0.29, 0.717) is 23.6 Å². The first-order valence-electron chi connectivity index (χ1n) is 9.00. The van der Waals surface area contributed by atoms with E-state index in [0.717, 1.165) is 18.9 Å². The van der Waals surface area contributed by atoms with E-state index in [9.17, 15) is 0 Å². The number of benzene rings is 1. The molecule has 6 nitrogen and oxygen atoms in total. The van der Waals surface area contributed by atoms with Crippen molar-refractivity contribution in [2.75, 3.05) is 12.3 Å². The Hall–Kier alpha value is -2.55. The maximum atomic E-state index is 8.79. The number of anilines is 1. The van der Waals surface area contributed by atoms with Gasteiger partial charge in [-0.05, 0) is 37.3 Å². The zero-order valence-corrected chi connectivity index (χ0v) is 14.9. The lowest BCUT2D eigenvalue weighted by Gasteiger charge is -2.20. The van der Waals surface area contributed by atoms with Crippen LogP contribution in [0.4, 0.5) is 5.69 Å². The fourth-order valence-corrected chi connectivity index (χ4v) is 2.96. The van der Waals surface area contributed by atoms with E-state index in [4.69, 9.17) is 15.7 Å². The summed E-state index contributed by atoms with van der Waals surface area (Å²) in [6, 6.07) is 7.25. The Bertz CT molecular complexity index is 657. The maximum absolute atomic E-state index is 8.79. The van der Waals surface area contributed by atoms with Crippen molar-refractivity contribution in [1.29, 1.82) is 5.26 Å². The van der Waals surface area contributed by atoms with Gasteiger partial charge >= 0.3 is 0 Å². The van der Waals surface area contributed by atoms with Crippen LogP contribution in [0.15, 0.2) is 30.6 Å². The molecule has 0 bridgehead atoms. The molecule has 0 unspecified atom stereocenters. The normalized spacial score (nSPS) is 14.2. The molecule has 1 aliphatic rings. The minimum Gasteiger partial charge on any atom is -0.492 e. The summed E-state index contributed by atoms with van der Waals surface area (Å²) in [6.07, 6.45) is 11.6. The molecule has 3 rings (SSSR count). The van der Waals surface area contributed by atoms with E-state index in [1.165, 1.54) is 32.1 Å². The van der Waals surface area contributed by atoms with Crippen molar-refractivity contribution in [1.82, 2.24) is 15.0 Å². The van der Waals surface area contributed by atoms with Gasteiger partial charge in [0.15, 0.2) is 0 Å². The van der Waals surface area contributed by atoms with Crippen LogP contribution >= 0.6 is 0 Å². The van der Waals surface area contributed by atoms with Crippen LogP contribution in [0.25, 0.3) is 0 Å². The average molecular weight is 341 g/mol. The molecule has 1 aromatic heterocycles. The van der Waals surface area contributed by atoms with E-state index in [-0.39, 0.29) is 0 Å². The topological polar surface area (TPSA) is 89.8 Å². The van der Waals surface area contributed by atoms with Gasteiger partial charge in [-0.1, -0.05) is 37.5 Å². The molecule has 1 fully saturated rings. The van der Waals surface area contributed by atoms with Crippen LogP contribution < -0.4 is 10.5 Å². The van der Waals surface area contributed by atoms with Gasteiger partial charge in [0.2, 0.25) is 0 Å². The molecule has 0 spiro atoms. The molecule has 0 atom stereocenters. The molecule has 1 saturated carbocycles. The Kier molecular flexibility index (Phi) is 7.77. The van der Waals surface area contributed by atoms with Crippen molar-refractivity contribution in [3.05, 3.63) is 36.2 Å². The van der Waals surface area contributed by atoms with Gasteiger partial charge in [-0.15, -0.1) is 5.10 Å². The van der Waals surface area contributed by atoms with Crippen LogP contribution in [0.5, 0.6) is 5.75 Å². The van der Waals surface area contributed by atoms with Crippen molar-refractivity contribution >= 4 is 5.69 Å². The summed E-state index contributed by atoms with van der Waals surface area (Å²) >= 11 is 0. The van der Waals surface area contributed by atoms with Gasteiger partial charge in [-0.2, -0.15) is 5.26 Å². The minimum atomic E-state index is 0.427. The molecule has 0 saturated heterocycles. The largest absolute Gasteiger partial charge is 0.492 e. The highest BCUT2D eigenvalue weighted by Crippen LogP contribution is 2.24. The molecule has 1 aromatic carbocycles. The predicted octanol–water partition coefficient (Wildman–Crippen LogP) is 3.79. The highest BCUT2D eigenvalue weighted by molar-refractivity contribution is 5.60. The Morgan fingerprint density at radius 2 is 2.12 bits per heavy atom. The van der Waals surface area contributed by atoms with E-state index in [2.05, 4.69) is 10.3 Å². The second-order valence-electron chi connectivity index (χ2n) is 6.31.